The van der Waals surface area contributed by atoms with Crippen molar-refractivity contribution in [2.24, 2.45) is 0 Å². The first-order valence-electron chi connectivity index (χ1n) is 8.45. The van der Waals surface area contributed by atoms with Crippen LogP contribution in [0.2, 0.25) is 0 Å². The molecule has 1 heterocycles. The van der Waals surface area contributed by atoms with Gasteiger partial charge >= 0.3 is 0 Å². The Labute approximate surface area is 160 Å². The summed E-state index contributed by atoms with van der Waals surface area (Å²) in [7, 11) is 0. The van der Waals surface area contributed by atoms with Gasteiger partial charge in [0, 0.05) is 15.4 Å². The molecule has 0 saturated carbocycles. The topological polar surface area (TPSA) is 64.9 Å². The number of rotatable bonds is 6. The van der Waals surface area contributed by atoms with Crippen molar-refractivity contribution in [3.05, 3.63) is 50.3 Å². The molecule has 0 radical (unpaired) electrons. The number of benzene rings is 1. The van der Waals surface area contributed by atoms with E-state index in [0.29, 0.717) is 10.6 Å². The Morgan fingerprint density at radius 3 is 2.80 bits per heavy atom. The predicted molar refractivity (Wildman–Crippen MR) is 105 cm³/mol. The van der Waals surface area contributed by atoms with Crippen molar-refractivity contribution < 1.29 is 4.79 Å². The lowest BCUT2D eigenvalue weighted by molar-refractivity contribution is -0.115. The molecule has 2 aromatic rings. The zero-order valence-corrected chi connectivity index (χ0v) is 16.5. The van der Waals surface area contributed by atoms with Crippen LogP contribution < -0.4 is 10.6 Å². The van der Waals surface area contributed by atoms with E-state index in [2.05, 4.69) is 51.7 Å². The fraction of sp³-hybridized carbons (Fsp3) is 0.368. The molecular weight excluding hydrogens is 398 g/mol. The lowest BCUT2D eigenvalue weighted by Crippen LogP contribution is -2.31. The molecule has 0 aliphatic heterocycles. The summed E-state index contributed by atoms with van der Waals surface area (Å²) in [4.78, 5) is 13.6. The molecule has 0 bridgehead atoms. The van der Waals surface area contributed by atoms with Crippen LogP contribution >= 0.6 is 27.3 Å². The van der Waals surface area contributed by atoms with Crippen LogP contribution in [0.5, 0.6) is 0 Å². The molecule has 0 spiro atoms. The number of hydrogen-bond donors (Lipinski definition) is 2. The summed E-state index contributed by atoms with van der Waals surface area (Å²) >= 11 is 4.99. The summed E-state index contributed by atoms with van der Waals surface area (Å²) in [5.41, 5.74) is 2.95. The van der Waals surface area contributed by atoms with Gasteiger partial charge in [0.15, 0.2) is 0 Å². The lowest BCUT2D eigenvalue weighted by Gasteiger charge is -2.17. The van der Waals surface area contributed by atoms with Gasteiger partial charge in [-0.2, -0.15) is 5.26 Å². The van der Waals surface area contributed by atoms with Gasteiger partial charge in [-0.3, -0.25) is 4.79 Å². The maximum Gasteiger partial charge on any atom is 0.238 e. The molecule has 1 atom stereocenters. The van der Waals surface area contributed by atoms with E-state index in [1.54, 1.807) is 11.3 Å². The largest absolute Gasteiger partial charge is 0.315 e. The Bertz CT molecular complexity index is 807. The average Bonchev–Trinajstić information content (AvgIpc) is 3.17. The molecule has 1 aromatic carbocycles. The lowest BCUT2D eigenvalue weighted by atomic mass is 10.0. The highest BCUT2D eigenvalue weighted by molar-refractivity contribution is 9.10. The SMILES string of the molecule is CC[C@@H](NCC(=O)Nc1sc2c(c1C#N)CCC2)c1ccc(Br)cc1. The number of hydrogen-bond acceptors (Lipinski definition) is 4. The second-order valence-electron chi connectivity index (χ2n) is 6.11. The third kappa shape index (κ3) is 4.12. The normalized spacial score (nSPS) is 14.0. The van der Waals surface area contributed by atoms with Crippen molar-refractivity contribution in [3.8, 4) is 6.07 Å². The van der Waals surface area contributed by atoms with Gasteiger partial charge in [0.25, 0.3) is 0 Å². The van der Waals surface area contributed by atoms with Gasteiger partial charge in [-0.15, -0.1) is 11.3 Å². The number of nitrogens with one attached hydrogen (secondary N) is 2. The molecular formula is C19H20BrN3OS. The van der Waals surface area contributed by atoms with Crippen molar-refractivity contribution >= 4 is 38.2 Å². The molecule has 25 heavy (non-hydrogen) atoms. The van der Waals surface area contributed by atoms with E-state index < -0.39 is 0 Å². The van der Waals surface area contributed by atoms with Crippen LogP contribution in [0.3, 0.4) is 0 Å². The molecule has 1 amide bonds. The van der Waals surface area contributed by atoms with Crippen LogP contribution in [0.4, 0.5) is 5.00 Å². The highest BCUT2D eigenvalue weighted by Crippen LogP contribution is 2.38. The molecule has 0 unspecified atom stereocenters. The first kappa shape index (κ1) is 18.1. The van der Waals surface area contributed by atoms with Crippen LogP contribution in [-0.2, 0) is 17.6 Å². The number of fused-ring (bicyclic) bond motifs is 1. The smallest absolute Gasteiger partial charge is 0.238 e. The molecule has 6 heteroatoms. The van der Waals surface area contributed by atoms with Crippen LogP contribution in [0.1, 0.15) is 47.4 Å². The van der Waals surface area contributed by atoms with Gasteiger partial charge in [0.2, 0.25) is 5.91 Å². The summed E-state index contributed by atoms with van der Waals surface area (Å²) in [5, 5.41) is 16.3. The number of anilines is 1. The number of carbonyl (C=O) groups excluding carboxylic acids is 1. The van der Waals surface area contributed by atoms with E-state index >= 15 is 0 Å². The van der Waals surface area contributed by atoms with Gasteiger partial charge in [-0.05, 0) is 48.9 Å². The first-order chi connectivity index (χ1) is 12.1. The maximum atomic E-state index is 12.3. The highest BCUT2D eigenvalue weighted by atomic mass is 79.9. The van der Waals surface area contributed by atoms with E-state index in [-0.39, 0.29) is 18.5 Å². The summed E-state index contributed by atoms with van der Waals surface area (Å²) in [6, 6.07) is 10.5. The van der Waals surface area contributed by atoms with E-state index in [1.807, 2.05) is 12.1 Å². The first-order valence-corrected chi connectivity index (χ1v) is 10.1. The summed E-state index contributed by atoms with van der Waals surface area (Å²) < 4.78 is 1.04. The fourth-order valence-corrected chi connectivity index (χ4v) is 4.71. The second-order valence-corrected chi connectivity index (χ2v) is 8.14. The zero-order valence-electron chi connectivity index (χ0n) is 14.1. The Kier molecular flexibility index (Phi) is 5.89. The molecule has 3 rings (SSSR count). The zero-order chi connectivity index (χ0) is 17.8. The van der Waals surface area contributed by atoms with E-state index in [1.165, 1.54) is 4.88 Å². The summed E-state index contributed by atoms with van der Waals surface area (Å²) in [6.07, 6.45) is 3.97. The molecule has 130 valence electrons. The van der Waals surface area contributed by atoms with Gasteiger partial charge < -0.3 is 10.6 Å². The standard InChI is InChI=1S/C19H20BrN3OS/c1-2-16(12-6-8-13(20)9-7-12)22-11-18(24)23-19-15(10-21)14-4-3-5-17(14)25-19/h6-9,16,22H,2-5,11H2,1H3,(H,23,24)/t16-/m1/s1. The number of halogens is 1. The highest BCUT2D eigenvalue weighted by Gasteiger charge is 2.23. The molecule has 1 aromatic heterocycles. The summed E-state index contributed by atoms with van der Waals surface area (Å²) in [5.74, 6) is -0.105. The molecule has 1 aliphatic carbocycles. The third-order valence-corrected chi connectivity index (χ3v) is 6.21. The van der Waals surface area contributed by atoms with Gasteiger partial charge in [-0.1, -0.05) is 35.0 Å². The summed E-state index contributed by atoms with van der Waals surface area (Å²) in [6.45, 7) is 2.32. The monoisotopic (exact) mass is 417 g/mol. The number of nitriles is 1. The minimum atomic E-state index is -0.105. The van der Waals surface area contributed by atoms with Crippen molar-refractivity contribution in [1.82, 2.24) is 5.32 Å². The van der Waals surface area contributed by atoms with Crippen molar-refractivity contribution in [2.75, 3.05) is 11.9 Å². The van der Waals surface area contributed by atoms with Crippen molar-refractivity contribution in [3.63, 3.8) is 0 Å². The molecule has 0 saturated heterocycles. The Hall–Kier alpha value is -1.68. The van der Waals surface area contributed by atoms with Crippen LogP contribution in [-0.4, -0.2) is 12.5 Å². The fourth-order valence-electron chi connectivity index (χ4n) is 3.19. The molecule has 0 fully saturated rings. The van der Waals surface area contributed by atoms with Crippen LogP contribution in [0.15, 0.2) is 28.7 Å². The number of carbonyl (C=O) groups is 1. The third-order valence-electron chi connectivity index (χ3n) is 4.48. The van der Waals surface area contributed by atoms with Crippen molar-refractivity contribution in [2.45, 2.75) is 38.6 Å². The quantitative estimate of drug-likeness (QED) is 0.724. The van der Waals surface area contributed by atoms with E-state index in [9.17, 15) is 10.1 Å². The predicted octanol–water partition coefficient (Wildman–Crippen LogP) is 4.55. The Balaban J connectivity index is 1.61. The number of amides is 1. The maximum absolute atomic E-state index is 12.3. The molecule has 2 N–H and O–H groups in total. The molecule has 4 nitrogen and oxygen atoms in total. The Morgan fingerprint density at radius 1 is 1.36 bits per heavy atom. The van der Waals surface area contributed by atoms with E-state index in [4.69, 9.17) is 0 Å². The minimum Gasteiger partial charge on any atom is -0.315 e. The van der Waals surface area contributed by atoms with Crippen molar-refractivity contribution in [1.29, 1.82) is 5.26 Å². The van der Waals surface area contributed by atoms with E-state index in [0.717, 1.165) is 41.3 Å². The minimum absolute atomic E-state index is 0.105. The van der Waals surface area contributed by atoms with Gasteiger partial charge in [0.05, 0.1) is 12.1 Å². The van der Waals surface area contributed by atoms with Gasteiger partial charge in [-0.25, -0.2) is 0 Å². The second kappa shape index (κ2) is 8.13. The Morgan fingerprint density at radius 2 is 2.12 bits per heavy atom. The molecule has 1 aliphatic rings. The number of thiophene rings is 1. The average molecular weight is 418 g/mol. The van der Waals surface area contributed by atoms with Crippen LogP contribution in [0, 0.1) is 11.3 Å². The number of aryl methyl sites for hydroxylation is 1. The number of nitrogens with zero attached hydrogens (tertiary/aromatic N) is 1. The van der Waals surface area contributed by atoms with Crippen LogP contribution in [0.25, 0.3) is 0 Å². The van der Waals surface area contributed by atoms with Gasteiger partial charge in [0.1, 0.15) is 11.1 Å².